The van der Waals surface area contributed by atoms with E-state index in [1.54, 1.807) is 11.1 Å². The number of carbonyl (C=O) groups excluding carboxylic acids is 1. The number of hydrogen-bond acceptors (Lipinski definition) is 3. The summed E-state index contributed by atoms with van der Waals surface area (Å²) in [4.78, 5) is 18.3. The fourth-order valence-electron chi connectivity index (χ4n) is 2.10. The van der Waals surface area contributed by atoms with Crippen LogP contribution in [0, 0.1) is 0 Å². The maximum atomic E-state index is 12.2. The number of carbonyl (C=O) groups is 1. The van der Waals surface area contributed by atoms with Gasteiger partial charge in [0, 0.05) is 31.7 Å². The predicted molar refractivity (Wildman–Crippen MR) is 70.3 cm³/mol. The third-order valence-corrected chi connectivity index (χ3v) is 3.16. The van der Waals surface area contributed by atoms with E-state index in [4.69, 9.17) is 4.74 Å². The maximum absolute atomic E-state index is 12.2. The van der Waals surface area contributed by atoms with Crippen LogP contribution in [0.1, 0.15) is 10.4 Å². The predicted octanol–water partition coefficient (Wildman–Crippen LogP) is 1.34. The zero-order valence-electron chi connectivity index (χ0n) is 10.5. The van der Waals surface area contributed by atoms with Crippen LogP contribution in [0.15, 0.2) is 42.9 Å². The van der Waals surface area contributed by atoms with Crippen molar-refractivity contribution in [3.05, 3.63) is 48.4 Å². The minimum absolute atomic E-state index is 0.0230. The molecule has 5 nitrogen and oxygen atoms in total. The molecule has 19 heavy (non-hydrogen) atoms. The van der Waals surface area contributed by atoms with Crippen molar-refractivity contribution in [2.45, 2.75) is 0 Å². The first-order valence-electron chi connectivity index (χ1n) is 6.31. The van der Waals surface area contributed by atoms with Crippen molar-refractivity contribution in [1.82, 2.24) is 14.5 Å². The Morgan fingerprint density at radius 1 is 1.16 bits per heavy atom. The van der Waals surface area contributed by atoms with Gasteiger partial charge in [0.15, 0.2) is 0 Å². The number of morpholine rings is 1. The number of rotatable bonds is 2. The normalized spacial score (nSPS) is 15.5. The van der Waals surface area contributed by atoms with Crippen LogP contribution >= 0.6 is 0 Å². The lowest BCUT2D eigenvalue weighted by atomic mass is 10.2. The lowest BCUT2D eigenvalue weighted by Crippen LogP contribution is -2.40. The van der Waals surface area contributed by atoms with E-state index in [1.165, 1.54) is 0 Å². The standard InChI is InChI=1S/C14H15N3O2/c18-14(17-7-9-19-10-8-17)12-3-4-13(15-11-12)16-5-1-2-6-16/h1-6,11H,7-10H2. The fraction of sp³-hybridized carbons (Fsp3) is 0.286. The molecule has 0 atom stereocenters. The quantitative estimate of drug-likeness (QED) is 0.815. The van der Waals surface area contributed by atoms with Crippen molar-refractivity contribution in [3.8, 4) is 5.82 Å². The molecule has 0 radical (unpaired) electrons. The Morgan fingerprint density at radius 3 is 2.53 bits per heavy atom. The Hall–Kier alpha value is -2.14. The third kappa shape index (κ3) is 2.51. The summed E-state index contributed by atoms with van der Waals surface area (Å²) in [5.74, 6) is 0.832. The molecule has 1 aliphatic rings. The lowest BCUT2D eigenvalue weighted by molar-refractivity contribution is 0.0302. The van der Waals surface area contributed by atoms with Crippen LogP contribution in [0.5, 0.6) is 0 Å². The first kappa shape index (κ1) is 11.9. The van der Waals surface area contributed by atoms with E-state index < -0.39 is 0 Å². The second kappa shape index (κ2) is 5.24. The molecule has 1 amide bonds. The summed E-state index contributed by atoms with van der Waals surface area (Å²) in [6.07, 6.45) is 5.48. The Labute approximate surface area is 111 Å². The summed E-state index contributed by atoms with van der Waals surface area (Å²) in [5, 5.41) is 0. The Morgan fingerprint density at radius 2 is 1.89 bits per heavy atom. The molecule has 98 valence electrons. The summed E-state index contributed by atoms with van der Waals surface area (Å²) < 4.78 is 7.15. The molecule has 3 heterocycles. The molecule has 2 aromatic rings. The van der Waals surface area contributed by atoms with Crippen LogP contribution in [0.4, 0.5) is 0 Å². The van der Waals surface area contributed by atoms with Crippen molar-refractivity contribution < 1.29 is 9.53 Å². The van der Waals surface area contributed by atoms with Crippen LogP contribution in [-0.2, 0) is 4.74 Å². The van der Waals surface area contributed by atoms with Crippen molar-refractivity contribution in [2.75, 3.05) is 26.3 Å². The fourth-order valence-corrected chi connectivity index (χ4v) is 2.10. The van der Waals surface area contributed by atoms with Crippen molar-refractivity contribution in [3.63, 3.8) is 0 Å². The number of aromatic nitrogens is 2. The van der Waals surface area contributed by atoms with E-state index in [0.29, 0.717) is 31.9 Å². The first-order chi connectivity index (χ1) is 9.34. The van der Waals surface area contributed by atoms with Gasteiger partial charge < -0.3 is 14.2 Å². The molecule has 0 aliphatic carbocycles. The molecule has 1 fully saturated rings. The van der Waals surface area contributed by atoms with Crippen molar-refractivity contribution >= 4 is 5.91 Å². The average Bonchev–Trinajstić information content (AvgIpc) is 3.02. The minimum Gasteiger partial charge on any atom is -0.378 e. The Bertz CT molecular complexity index is 543. The van der Waals surface area contributed by atoms with E-state index >= 15 is 0 Å². The molecular formula is C14H15N3O2. The molecule has 0 bridgehead atoms. The van der Waals surface area contributed by atoms with Gasteiger partial charge in [0.25, 0.3) is 5.91 Å². The van der Waals surface area contributed by atoms with Crippen molar-refractivity contribution in [2.24, 2.45) is 0 Å². The highest BCUT2D eigenvalue weighted by molar-refractivity contribution is 5.94. The molecule has 0 unspecified atom stereocenters. The van der Waals surface area contributed by atoms with Gasteiger partial charge in [0.2, 0.25) is 0 Å². The molecule has 2 aromatic heterocycles. The van der Waals surface area contributed by atoms with E-state index in [-0.39, 0.29) is 5.91 Å². The van der Waals surface area contributed by atoms with E-state index in [1.807, 2.05) is 41.2 Å². The molecule has 1 aliphatic heterocycles. The van der Waals surface area contributed by atoms with Gasteiger partial charge in [-0.3, -0.25) is 4.79 Å². The number of amides is 1. The van der Waals surface area contributed by atoms with Crippen LogP contribution in [0.2, 0.25) is 0 Å². The van der Waals surface area contributed by atoms with Gasteiger partial charge in [0.05, 0.1) is 18.8 Å². The highest BCUT2D eigenvalue weighted by Crippen LogP contribution is 2.10. The monoisotopic (exact) mass is 257 g/mol. The highest BCUT2D eigenvalue weighted by atomic mass is 16.5. The highest BCUT2D eigenvalue weighted by Gasteiger charge is 2.18. The Balaban J connectivity index is 1.76. The van der Waals surface area contributed by atoms with Gasteiger partial charge in [-0.05, 0) is 24.3 Å². The largest absolute Gasteiger partial charge is 0.378 e. The molecule has 0 aromatic carbocycles. The van der Waals surface area contributed by atoms with Crippen LogP contribution in [0.3, 0.4) is 0 Å². The number of ether oxygens (including phenoxy) is 1. The summed E-state index contributed by atoms with van der Waals surface area (Å²) in [6, 6.07) is 7.55. The van der Waals surface area contributed by atoms with E-state index in [9.17, 15) is 4.79 Å². The molecule has 1 saturated heterocycles. The maximum Gasteiger partial charge on any atom is 0.255 e. The molecule has 0 N–H and O–H groups in total. The molecule has 0 spiro atoms. The number of pyridine rings is 1. The van der Waals surface area contributed by atoms with Crippen LogP contribution in [0.25, 0.3) is 5.82 Å². The van der Waals surface area contributed by atoms with Gasteiger partial charge in [-0.2, -0.15) is 0 Å². The molecule has 5 heteroatoms. The number of hydrogen-bond donors (Lipinski definition) is 0. The average molecular weight is 257 g/mol. The number of nitrogens with zero attached hydrogens (tertiary/aromatic N) is 3. The first-order valence-corrected chi connectivity index (χ1v) is 6.31. The molecule has 0 saturated carbocycles. The zero-order chi connectivity index (χ0) is 13.1. The molecular weight excluding hydrogens is 242 g/mol. The second-order valence-electron chi connectivity index (χ2n) is 4.40. The van der Waals surface area contributed by atoms with Crippen LogP contribution in [-0.4, -0.2) is 46.7 Å². The minimum atomic E-state index is 0.0230. The van der Waals surface area contributed by atoms with Gasteiger partial charge >= 0.3 is 0 Å². The van der Waals surface area contributed by atoms with Gasteiger partial charge in [-0.15, -0.1) is 0 Å². The molecule has 3 rings (SSSR count). The summed E-state index contributed by atoms with van der Waals surface area (Å²) >= 11 is 0. The summed E-state index contributed by atoms with van der Waals surface area (Å²) in [5.41, 5.74) is 0.623. The zero-order valence-corrected chi connectivity index (χ0v) is 10.5. The SMILES string of the molecule is O=C(c1ccc(-n2cccc2)nc1)N1CCOCC1. The summed E-state index contributed by atoms with van der Waals surface area (Å²) in [6.45, 7) is 2.53. The topological polar surface area (TPSA) is 47.4 Å². The second-order valence-corrected chi connectivity index (χ2v) is 4.40. The Kier molecular flexibility index (Phi) is 3.29. The third-order valence-electron chi connectivity index (χ3n) is 3.16. The van der Waals surface area contributed by atoms with Gasteiger partial charge in [-0.25, -0.2) is 4.98 Å². The lowest BCUT2D eigenvalue weighted by Gasteiger charge is -2.26. The van der Waals surface area contributed by atoms with Gasteiger partial charge in [-0.1, -0.05) is 0 Å². The van der Waals surface area contributed by atoms with E-state index in [0.717, 1.165) is 5.82 Å². The summed E-state index contributed by atoms with van der Waals surface area (Å²) in [7, 11) is 0. The van der Waals surface area contributed by atoms with E-state index in [2.05, 4.69) is 4.98 Å². The van der Waals surface area contributed by atoms with Crippen LogP contribution < -0.4 is 0 Å². The smallest absolute Gasteiger partial charge is 0.255 e. The van der Waals surface area contributed by atoms with Crippen molar-refractivity contribution in [1.29, 1.82) is 0 Å². The van der Waals surface area contributed by atoms with Gasteiger partial charge in [0.1, 0.15) is 5.82 Å².